The summed E-state index contributed by atoms with van der Waals surface area (Å²) in [6.45, 7) is 9.20. The van der Waals surface area contributed by atoms with Crippen molar-refractivity contribution in [2.45, 2.75) is 46.6 Å². The molecular formula is C11H22N2O4. The van der Waals surface area contributed by atoms with E-state index in [-0.39, 0.29) is 12.5 Å². The zero-order valence-corrected chi connectivity index (χ0v) is 11.1. The summed E-state index contributed by atoms with van der Waals surface area (Å²) in [4.78, 5) is 24.0. The summed E-state index contributed by atoms with van der Waals surface area (Å²) < 4.78 is 5.08. The van der Waals surface area contributed by atoms with Crippen LogP contribution >= 0.6 is 0 Å². The third kappa shape index (κ3) is 6.11. The lowest BCUT2D eigenvalue weighted by atomic mass is 10.1. The minimum absolute atomic E-state index is 0.139. The van der Waals surface area contributed by atoms with Crippen LogP contribution in [-0.4, -0.2) is 34.4 Å². The highest BCUT2D eigenvalue weighted by Gasteiger charge is 2.27. The van der Waals surface area contributed by atoms with Gasteiger partial charge in [-0.2, -0.15) is 0 Å². The van der Waals surface area contributed by atoms with Gasteiger partial charge in [-0.3, -0.25) is 5.21 Å². The Kier molecular flexibility index (Phi) is 5.95. The van der Waals surface area contributed by atoms with Gasteiger partial charge in [0.05, 0.1) is 0 Å². The van der Waals surface area contributed by atoms with Crippen molar-refractivity contribution in [1.82, 2.24) is 10.4 Å². The number of rotatable bonds is 3. The first-order chi connectivity index (χ1) is 7.71. The zero-order chi connectivity index (χ0) is 13.6. The van der Waals surface area contributed by atoms with Crippen LogP contribution in [0.4, 0.5) is 9.59 Å². The molecule has 1 unspecified atom stereocenters. The lowest BCUT2D eigenvalue weighted by molar-refractivity contribution is 0.0257. The van der Waals surface area contributed by atoms with Gasteiger partial charge in [-0.05, 0) is 26.7 Å². The van der Waals surface area contributed by atoms with Crippen molar-refractivity contribution >= 4 is 12.1 Å². The SMILES string of the molecule is CCC(C)CN(C(=O)NO)C(=O)OC(C)(C)C. The van der Waals surface area contributed by atoms with Crippen molar-refractivity contribution in [3.63, 3.8) is 0 Å². The molecular weight excluding hydrogens is 224 g/mol. The van der Waals surface area contributed by atoms with Crippen LogP contribution in [-0.2, 0) is 4.74 Å². The van der Waals surface area contributed by atoms with Crippen LogP contribution in [0.25, 0.3) is 0 Å². The van der Waals surface area contributed by atoms with Crippen molar-refractivity contribution in [3.05, 3.63) is 0 Å². The van der Waals surface area contributed by atoms with Gasteiger partial charge in [-0.1, -0.05) is 20.3 Å². The van der Waals surface area contributed by atoms with E-state index in [1.165, 1.54) is 5.48 Å². The van der Waals surface area contributed by atoms with Crippen molar-refractivity contribution in [3.8, 4) is 0 Å². The molecule has 6 nitrogen and oxygen atoms in total. The normalized spacial score (nSPS) is 12.8. The van der Waals surface area contributed by atoms with Gasteiger partial charge in [-0.25, -0.2) is 20.0 Å². The molecule has 3 amide bonds. The maximum atomic E-state index is 11.7. The molecule has 100 valence electrons. The molecule has 0 aliphatic rings. The molecule has 0 fully saturated rings. The Morgan fingerprint density at radius 1 is 1.41 bits per heavy atom. The van der Waals surface area contributed by atoms with Crippen LogP contribution in [0.5, 0.6) is 0 Å². The minimum atomic E-state index is -0.875. The maximum Gasteiger partial charge on any atom is 0.418 e. The number of carbonyl (C=O) groups is 2. The van der Waals surface area contributed by atoms with Gasteiger partial charge in [0.25, 0.3) is 0 Å². The molecule has 0 aromatic rings. The number of imide groups is 1. The van der Waals surface area contributed by atoms with E-state index in [1.54, 1.807) is 20.8 Å². The second kappa shape index (κ2) is 6.44. The summed E-state index contributed by atoms with van der Waals surface area (Å²) in [5.74, 6) is 0.139. The summed E-state index contributed by atoms with van der Waals surface area (Å²) in [5, 5.41) is 8.59. The summed E-state index contributed by atoms with van der Waals surface area (Å²) in [6, 6.07) is -0.875. The largest absolute Gasteiger partial charge is 0.443 e. The van der Waals surface area contributed by atoms with Gasteiger partial charge < -0.3 is 4.74 Å². The fraction of sp³-hybridized carbons (Fsp3) is 0.818. The Morgan fingerprint density at radius 2 is 1.94 bits per heavy atom. The Morgan fingerprint density at radius 3 is 2.29 bits per heavy atom. The average molecular weight is 246 g/mol. The van der Waals surface area contributed by atoms with Gasteiger partial charge in [0, 0.05) is 6.54 Å². The lowest BCUT2D eigenvalue weighted by Gasteiger charge is -2.27. The Hall–Kier alpha value is -1.30. The van der Waals surface area contributed by atoms with Crippen molar-refractivity contribution in [2.75, 3.05) is 6.54 Å². The molecule has 0 heterocycles. The average Bonchev–Trinajstić information content (AvgIpc) is 2.21. The van der Waals surface area contributed by atoms with E-state index < -0.39 is 17.7 Å². The number of hydrogen-bond acceptors (Lipinski definition) is 4. The third-order valence-corrected chi connectivity index (χ3v) is 2.15. The highest BCUT2D eigenvalue weighted by atomic mass is 16.6. The second-order valence-corrected chi connectivity index (χ2v) is 5.02. The predicted octanol–water partition coefficient (Wildman–Crippen LogP) is 2.37. The van der Waals surface area contributed by atoms with Crippen molar-refractivity contribution in [2.24, 2.45) is 5.92 Å². The van der Waals surface area contributed by atoms with Gasteiger partial charge in [-0.15, -0.1) is 0 Å². The van der Waals surface area contributed by atoms with Crippen LogP contribution < -0.4 is 5.48 Å². The van der Waals surface area contributed by atoms with Crippen LogP contribution in [0, 0.1) is 5.92 Å². The second-order valence-electron chi connectivity index (χ2n) is 5.02. The number of ether oxygens (including phenoxy) is 1. The first-order valence-corrected chi connectivity index (χ1v) is 5.65. The van der Waals surface area contributed by atoms with Crippen LogP contribution in [0.15, 0.2) is 0 Å². The Labute approximate surface area is 102 Å². The molecule has 0 aromatic carbocycles. The van der Waals surface area contributed by atoms with E-state index in [9.17, 15) is 9.59 Å². The molecule has 0 bridgehead atoms. The highest BCUT2D eigenvalue weighted by molar-refractivity contribution is 5.90. The van der Waals surface area contributed by atoms with Crippen molar-refractivity contribution < 1.29 is 19.5 Å². The molecule has 0 rings (SSSR count). The topological polar surface area (TPSA) is 78.9 Å². The van der Waals surface area contributed by atoms with Crippen LogP contribution in [0.3, 0.4) is 0 Å². The lowest BCUT2D eigenvalue weighted by Crippen LogP contribution is -2.46. The number of amides is 3. The quantitative estimate of drug-likeness (QED) is 0.592. The first-order valence-electron chi connectivity index (χ1n) is 5.65. The van der Waals surface area contributed by atoms with Crippen LogP contribution in [0.2, 0.25) is 0 Å². The van der Waals surface area contributed by atoms with Crippen molar-refractivity contribution in [1.29, 1.82) is 0 Å². The Bertz CT molecular complexity index is 273. The molecule has 17 heavy (non-hydrogen) atoms. The smallest absolute Gasteiger partial charge is 0.418 e. The molecule has 1 atom stereocenters. The van der Waals surface area contributed by atoms with Gasteiger partial charge >= 0.3 is 12.1 Å². The third-order valence-electron chi connectivity index (χ3n) is 2.15. The van der Waals surface area contributed by atoms with E-state index in [0.717, 1.165) is 11.3 Å². The first kappa shape index (κ1) is 15.7. The Balaban J connectivity index is 4.68. The molecule has 6 heteroatoms. The summed E-state index contributed by atoms with van der Waals surface area (Å²) in [5.41, 5.74) is 0.767. The zero-order valence-electron chi connectivity index (χ0n) is 11.1. The minimum Gasteiger partial charge on any atom is -0.443 e. The number of nitrogens with zero attached hydrogens (tertiary/aromatic N) is 1. The standard InChI is InChI=1S/C11H22N2O4/c1-6-8(2)7-13(9(14)12-16)10(15)17-11(3,4)5/h8,16H,6-7H2,1-5H3,(H,12,14). The molecule has 2 N–H and O–H groups in total. The van der Waals surface area contributed by atoms with Gasteiger partial charge in [0.2, 0.25) is 0 Å². The molecule has 0 aromatic heterocycles. The number of hydrogen-bond donors (Lipinski definition) is 2. The van der Waals surface area contributed by atoms with E-state index in [2.05, 4.69) is 0 Å². The monoisotopic (exact) mass is 246 g/mol. The van der Waals surface area contributed by atoms with Crippen LogP contribution in [0.1, 0.15) is 41.0 Å². The molecule has 0 radical (unpaired) electrons. The summed E-state index contributed by atoms with van der Waals surface area (Å²) >= 11 is 0. The van der Waals surface area contributed by atoms with E-state index in [4.69, 9.17) is 9.94 Å². The number of hydroxylamine groups is 1. The molecule has 0 spiro atoms. The molecule has 0 saturated carbocycles. The fourth-order valence-corrected chi connectivity index (χ4v) is 1.06. The summed E-state index contributed by atoms with van der Waals surface area (Å²) in [6.07, 6.45) is 0.0576. The molecule has 0 aliphatic heterocycles. The number of nitrogens with one attached hydrogen (secondary N) is 1. The predicted molar refractivity (Wildman–Crippen MR) is 62.7 cm³/mol. The van der Waals surface area contributed by atoms with Gasteiger partial charge in [0.15, 0.2) is 0 Å². The van der Waals surface area contributed by atoms with Gasteiger partial charge in [0.1, 0.15) is 5.60 Å². The molecule has 0 saturated heterocycles. The summed E-state index contributed by atoms with van der Waals surface area (Å²) in [7, 11) is 0. The van der Waals surface area contributed by atoms with E-state index in [0.29, 0.717) is 0 Å². The highest BCUT2D eigenvalue weighted by Crippen LogP contribution is 2.12. The number of urea groups is 1. The fourth-order valence-electron chi connectivity index (χ4n) is 1.06. The van der Waals surface area contributed by atoms with E-state index >= 15 is 0 Å². The maximum absolute atomic E-state index is 11.7. The number of carbonyl (C=O) groups excluding carboxylic acids is 2. The molecule has 0 aliphatic carbocycles. The van der Waals surface area contributed by atoms with E-state index in [1.807, 2.05) is 13.8 Å².